The zero-order valence-corrected chi connectivity index (χ0v) is 30.4. The zero-order valence-electron chi connectivity index (χ0n) is 30.4. The number of para-hydroxylation sites is 4. The molecule has 0 spiro atoms. The Labute approximate surface area is 325 Å². The molecule has 10 rings (SSSR count). The van der Waals surface area contributed by atoms with Gasteiger partial charge in [0.25, 0.3) is 0 Å². The maximum Gasteiger partial charge on any atom is 0.238 e. The van der Waals surface area contributed by atoms with E-state index in [0.717, 1.165) is 72.2 Å². The van der Waals surface area contributed by atoms with Crippen molar-refractivity contribution in [2.24, 2.45) is 0 Å². The first kappa shape index (κ1) is 33.0. The fraction of sp³-hybridized carbons (Fsp3) is 0. The molecule has 0 saturated heterocycles. The molecule has 5 heteroatoms. The monoisotopic (exact) mass is 717 g/mol. The van der Waals surface area contributed by atoms with E-state index in [9.17, 15) is 0 Å². The van der Waals surface area contributed by atoms with Crippen molar-refractivity contribution in [3.8, 4) is 51.0 Å². The average Bonchev–Trinajstić information content (AvgIpc) is 3.62. The molecule has 10 aromatic rings. The largest absolute Gasteiger partial charge is 0.310 e. The molecule has 0 fully saturated rings. The number of fused-ring (bicyclic) bond motifs is 3. The molecular weight excluding hydrogens is 683 g/mol. The van der Waals surface area contributed by atoms with E-state index in [1.165, 1.54) is 0 Å². The normalized spacial score (nSPS) is 11.2. The lowest BCUT2D eigenvalue weighted by Crippen LogP contribution is -2.09. The van der Waals surface area contributed by atoms with E-state index in [2.05, 4.69) is 198 Å². The topological polar surface area (TPSA) is 46.8 Å². The fourth-order valence-electron chi connectivity index (χ4n) is 7.66. The lowest BCUT2D eigenvalue weighted by molar-refractivity contribution is 0.953. The highest BCUT2D eigenvalue weighted by Gasteiger charge is 2.20. The molecule has 5 nitrogen and oxygen atoms in total. The van der Waals surface area contributed by atoms with Gasteiger partial charge in [0, 0.05) is 39.0 Å². The second kappa shape index (κ2) is 14.3. The predicted molar refractivity (Wildman–Crippen MR) is 231 cm³/mol. The van der Waals surface area contributed by atoms with E-state index in [-0.39, 0.29) is 0 Å². The van der Waals surface area contributed by atoms with Crippen LogP contribution in [0, 0.1) is 0 Å². The summed E-state index contributed by atoms with van der Waals surface area (Å²) < 4.78 is 2.17. The first-order chi connectivity index (χ1) is 27.8. The van der Waals surface area contributed by atoms with Gasteiger partial charge in [-0.25, -0.2) is 4.98 Å². The SMILES string of the molecule is c1ccc(-c2ccccc2-c2nc(-c3cccc(-c4cccc(N(c5ccccc5)c5ccccc5)c4)c3)nc(-n3c4ccccc4c4ccccc43)n2)cc1. The molecule has 0 bridgehead atoms. The summed E-state index contributed by atoms with van der Waals surface area (Å²) in [4.78, 5) is 18.1. The first-order valence-electron chi connectivity index (χ1n) is 18.8. The summed E-state index contributed by atoms with van der Waals surface area (Å²) in [7, 11) is 0. The van der Waals surface area contributed by atoms with Crippen LogP contribution in [0.5, 0.6) is 0 Å². The minimum atomic E-state index is 0.569. The molecule has 2 aromatic heterocycles. The van der Waals surface area contributed by atoms with Gasteiger partial charge in [-0.05, 0) is 76.9 Å². The molecule has 0 aliphatic rings. The van der Waals surface area contributed by atoms with Crippen molar-refractivity contribution in [2.75, 3.05) is 4.90 Å². The van der Waals surface area contributed by atoms with Crippen LogP contribution < -0.4 is 4.90 Å². The van der Waals surface area contributed by atoms with Crippen molar-refractivity contribution in [3.05, 3.63) is 212 Å². The summed E-state index contributed by atoms with van der Waals surface area (Å²) in [6.45, 7) is 0. The third-order valence-electron chi connectivity index (χ3n) is 10.2. The number of nitrogens with zero attached hydrogens (tertiary/aromatic N) is 5. The van der Waals surface area contributed by atoms with Crippen LogP contribution in [0.15, 0.2) is 212 Å². The van der Waals surface area contributed by atoms with E-state index in [1.54, 1.807) is 0 Å². The number of aromatic nitrogens is 4. The molecule has 0 aliphatic carbocycles. The fourth-order valence-corrected chi connectivity index (χ4v) is 7.66. The van der Waals surface area contributed by atoms with Crippen LogP contribution in [0.25, 0.3) is 72.8 Å². The second-order valence-corrected chi connectivity index (χ2v) is 13.7. The Morgan fingerprint density at radius 1 is 0.321 bits per heavy atom. The molecule has 2 heterocycles. The number of anilines is 3. The van der Waals surface area contributed by atoms with Gasteiger partial charge in [0.05, 0.1) is 11.0 Å². The van der Waals surface area contributed by atoms with Crippen molar-refractivity contribution < 1.29 is 0 Å². The first-order valence-corrected chi connectivity index (χ1v) is 18.8. The highest BCUT2D eigenvalue weighted by molar-refractivity contribution is 6.09. The van der Waals surface area contributed by atoms with Crippen LogP contribution in [0.3, 0.4) is 0 Å². The van der Waals surface area contributed by atoms with E-state index < -0.39 is 0 Å². The standard InChI is InChI=1S/C51H35N5/c1-4-18-36(19-5-1)43-28-10-11-31-46(43)50-52-49(53-51(54-50)56-47-32-14-12-29-44(47)45-30-13-15-33-48(45)56)39-22-16-20-37(34-39)38-21-17-27-42(35-38)55(40-23-6-2-7-24-40)41-25-8-3-9-26-41/h1-35H. The van der Waals surface area contributed by atoms with Gasteiger partial charge < -0.3 is 4.90 Å². The van der Waals surface area contributed by atoms with E-state index >= 15 is 0 Å². The van der Waals surface area contributed by atoms with Crippen molar-refractivity contribution in [2.45, 2.75) is 0 Å². The van der Waals surface area contributed by atoms with Crippen LogP contribution in [-0.2, 0) is 0 Å². The molecular formula is C51H35N5. The van der Waals surface area contributed by atoms with Crippen molar-refractivity contribution in [3.63, 3.8) is 0 Å². The predicted octanol–water partition coefficient (Wildman–Crippen LogP) is 13.1. The quantitative estimate of drug-likeness (QED) is 0.157. The summed E-state index contributed by atoms with van der Waals surface area (Å²) in [6.07, 6.45) is 0. The highest BCUT2D eigenvalue weighted by Crippen LogP contribution is 2.38. The zero-order chi connectivity index (χ0) is 37.3. The molecule has 56 heavy (non-hydrogen) atoms. The molecule has 0 N–H and O–H groups in total. The number of benzene rings is 8. The number of rotatable bonds is 8. The summed E-state index contributed by atoms with van der Waals surface area (Å²) >= 11 is 0. The minimum Gasteiger partial charge on any atom is -0.310 e. The Kier molecular flexibility index (Phi) is 8.43. The van der Waals surface area contributed by atoms with Crippen LogP contribution in [0.4, 0.5) is 17.1 Å². The van der Waals surface area contributed by atoms with Crippen LogP contribution in [-0.4, -0.2) is 19.5 Å². The highest BCUT2D eigenvalue weighted by atomic mass is 15.2. The molecule has 0 saturated carbocycles. The lowest BCUT2D eigenvalue weighted by Gasteiger charge is -2.26. The molecule has 8 aromatic carbocycles. The molecule has 0 amide bonds. The van der Waals surface area contributed by atoms with Crippen molar-refractivity contribution in [1.82, 2.24) is 19.5 Å². The molecule has 0 unspecified atom stereocenters. The van der Waals surface area contributed by atoms with Crippen LogP contribution in [0.1, 0.15) is 0 Å². The van der Waals surface area contributed by atoms with E-state index in [1.807, 2.05) is 24.3 Å². The lowest BCUT2D eigenvalue weighted by atomic mass is 9.99. The van der Waals surface area contributed by atoms with E-state index in [4.69, 9.17) is 15.0 Å². The van der Waals surface area contributed by atoms with Crippen molar-refractivity contribution >= 4 is 38.9 Å². The van der Waals surface area contributed by atoms with Gasteiger partial charge in [-0.1, -0.05) is 158 Å². The van der Waals surface area contributed by atoms with E-state index in [0.29, 0.717) is 17.6 Å². The maximum absolute atomic E-state index is 5.27. The third-order valence-corrected chi connectivity index (χ3v) is 10.2. The Balaban J connectivity index is 1.15. The summed E-state index contributed by atoms with van der Waals surface area (Å²) in [5.74, 6) is 1.78. The van der Waals surface area contributed by atoms with Gasteiger partial charge in [0.2, 0.25) is 5.95 Å². The maximum atomic E-state index is 5.27. The van der Waals surface area contributed by atoms with Gasteiger partial charge in [0.15, 0.2) is 11.6 Å². The van der Waals surface area contributed by atoms with Gasteiger partial charge in [-0.2, -0.15) is 9.97 Å². The number of hydrogen-bond acceptors (Lipinski definition) is 4. The van der Waals surface area contributed by atoms with Gasteiger partial charge in [-0.15, -0.1) is 0 Å². The van der Waals surface area contributed by atoms with Gasteiger partial charge in [-0.3, -0.25) is 4.57 Å². The van der Waals surface area contributed by atoms with Gasteiger partial charge in [0.1, 0.15) is 0 Å². The molecule has 264 valence electrons. The summed E-state index contributed by atoms with van der Waals surface area (Å²) in [5, 5.41) is 2.30. The van der Waals surface area contributed by atoms with Crippen LogP contribution >= 0.6 is 0 Å². The molecule has 0 radical (unpaired) electrons. The van der Waals surface area contributed by atoms with Crippen LogP contribution in [0.2, 0.25) is 0 Å². The summed E-state index contributed by atoms with van der Waals surface area (Å²) in [5.41, 5.74) is 11.5. The molecule has 0 atom stereocenters. The third kappa shape index (κ3) is 6.07. The summed E-state index contributed by atoms with van der Waals surface area (Å²) in [6, 6.07) is 73.9. The minimum absolute atomic E-state index is 0.569. The van der Waals surface area contributed by atoms with Gasteiger partial charge >= 0.3 is 0 Å². The molecule has 0 aliphatic heterocycles. The number of hydrogen-bond donors (Lipinski definition) is 0. The smallest absolute Gasteiger partial charge is 0.238 e. The Morgan fingerprint density at radius 3 is 1.45 bits per heavy atom. The average molecular weight is 718 g/mol. The Morgan fingerprint density at radius 2 is 0.786 bits per heavy atom. The Bertz CT molecular complexity index is 2880. The van der Waals surface area contributed by atoms with Crippen molar-refractivity contribution in [1.29, 1.82) is 0 Å². The Hall–Kier alpha value is -7.63. The second-order valence-electron chi connectivity index (χ2n) is 13.7.